The van der Waals surface area contributed by atoms with Crippen LogP contribution in [0.3, 0.4) is 0 Å². The maximum Gasteiger partial charge on any atom is 0.248 e. The molecule has 5 heteroatoms. The van der Waals surface area contributed by atoms with Gasteiger partial charge in [-0.1, -0.05) is 11.6 Å². The van der Waals surface area contributed by atoms with E-state index in [0.717, 1.165) is 9.13 Å². The molecule has 0 atom stereocenters. The van der Waals surface area contributed by atoms with Crippen molar-refractivity contribution in [1.29, 1.82) is 0 Å². The number of rotatable bonds is 1. The summed E-state index contributed by atoms with van der Waals surface area (Å²) in [4.78, 5) is 0. The fraction of sp³-hybridized carbons (Fsp3) is 0.111. The Bertz CT molecular complexity index is 470. The third-order valence-corrected chi connectivity index (χ3v) is 2.82. The number of aromatic nitrogens is 2. The molecule has 1 aromatic carbocycles. The lowest BCUT2D eigenvalue weighted by Crippen LogP contribution is -1.82. The first-order chi connectivity index (χ1) is 6.66. The first-order valence-corrected chi connectivity index (χ1v) is 5.38. The Labute approximate surface area is 99.6 Å². The first kappa shape index (κ1) is 9.92. The lowest BCUT2D eigenvalue weighted by Gasteiger charge is -1.98. The van der Waals surface area contributed by atoms with Gasteiger partial charge in [-0.25, -0.2) is 0 Å². The highest BCUT2D eigenvalue weighted by Crippen LogP contribution is 2.26. The summed E-state index contributed by atoms with van der Waals surface area (Å²) in [5, 5.41) is 8.42. The van der Waals surface area contributed by atoms with Gasteiger partial charge in [-0.2, -0.15) is 0 Å². The van der Waals surface area contributed by atoms with Crippen molar-refractivity contribution in [3.63, 3.8) is 0 Å². The summed E-state index contributed by atoms with van der Waals surface area (Å²) in [6.07, 6.45) is 0. The fourth-order valence-electron chi connectivity index (χ4n) is 1.07. The average Bonchev–Trinajstić information content (AvgIpc) is 2.51. The van der Waals surface area contributed by atoms with Crippen molar-refractivity contribution in [3.8, 4) is 11.5 Å². The molecule has 72 valence electrons. The second kappa shape index (κ2) is 3.86. The highest BCUT2D eigenvalue weighted by atomic mass is 127. The third-order valence-electron chi connectivity index (χ3n) is 1.69. The summed E-state index contributed by atoms with van der Waals surface area (Å²) >= 11 is 8.02. The maximum absolute atomic E-state index is 5.84. The molecule has 0 aliphatic rings. The molecule has 14 heavy (non-hydrogen) atoms. The molecule has 0 radical (unpaired) electrons. The van der Waals surface area contributed by atoms with Crippen molar-refractivity contribution in [2.24, 2.45) is 0 Å². The van der Waals surface area contributed by atoms with Crippen molar-refractivity contribution >= 4 is 34.2 Å². The zero-order valence-corrected chi connectivity index (χ0v) is 10.2. The summed E-state index contributed by atoms with van der Waals surface area (Å²) in [5.74, 6) is 1.09. The number of hydrogen-bond donors (Lipinski definition) is 0. The van der Waals surface area contributed by atoms with E-state index < -0.39 is 0 Å². The van der Waals surface area contributed by atoms with Gasteiger partial charge in [0.1, 0.15) is 0 Å². The van der Waals surface area contributed by atoms with Crippen molar-refractivity contribution in [3.05, 3.63) is 32.7 Å². The molecule has 0 aliphatic carbocycles. The predicted molar refractivity (Wildman–Crippen MR) is 62.2 cm³/mol. The van der Waals surface area contributed by atoms with E-state index in [0.29, 0.717) is 16.8 Å². The molecule has 1 aromatic heterocycles. The van der Waals surface area contributed by atoms with Crippen LogP contribution in [0.5, 0.6) is 0 Å². The number of hydrogen-bond acceptors (Lipinski definition) is 3. The van der Waals surface area contributed by atoms with E-state index in [9.17, 15) is 0 Å². The Morgan fingerprint density at radius 2 is 2.14 bits per heavy atom. The van der Waals surface area contributed by atoms with E-state index >= 15 is 0 Å². The summed E-state index contributed by atoms with van der Waals surface area (Å²) in [6, 6.07) is 5.53. The minimum atomic E-state index is 0.531. The van der Waals surface area contributed by atoms with Crippen molar-refractivity contribution < 1.29 is 4.42 Å². The molecule has 1 heterocycles. The van der Waals surface area contributed by atoms with Gasteiger partial charge in [0, 0.05) is 15.5 Å². The van der Waals surface area contributed by atoms with Gasteiger partial charge in [0.25, 0.3) is 0 Å². The van der Waals surface area contributed by atoms with Gasteiger partial charge in [-0.15, -0.1) is 10.2 Å². The molecule has 3 nitrogen and oxygen atoms in total. The summed E-state index contributed by atoms with van der Waals surface area (Å²) in [5.41, 5.74) is 0.913. The van der Waals surface area contributed by atoms with Crippen LogP contribution in [0.15, 0.2) is 22.6 Å². The minimum absolute atomic E-state index is 0.531. The van der Waals surface area contributed by atoms with Gasteiger partial charge in [0.15, 0.2) is 0 Å². The Kier molecular flexibility index (Phi) is 2.73. The Hall–Kier alpha value is -0.620. The van der Waals surface area contributed by atoms with E-state index in [2.05, 4.69) is 32.8 Å². The highest BCUT2D eigenvalue weighted by molar-refractivity contribution is 14.1. The van der Waals surface area contributed by atoms with Crippen LogP contribution in [0.2, 0.25) is 5.02 Å². The smallest absolute Gasteiger partial charge is 0.248 e. The van der Waals surface area contributed by atoms with Crippen LogP contribution in [0.1, 0.15) is 5.89 Å². The van der Waals surface area contributed by atoms with Gasteiger partial charge < -0.3 is 4.42 Å². The number of nitrogens with zero attached hydrogens (tertiary/aromatic N) is 2. The Morgan fingerprint density at radius 3 is 2.71 bits per heavy atom. The lowest BCUT2D eigenvalue weighted by atomic mass is 10.2. The topological polar surface area (TPSA) is 38.9 Å². The zero-order chi connectivity index (χ0) is 10.1. The molecular formula is C9H6ClIN2O. The van der Waals surface area contributed by atoms with E-state index in [1.807, 2.05) is 12.1 Å². The largest absolute Gasteiger partial charge is 0.421 e. The SMILES string of the molecule is Cc1nnc(-c2ccc(Cl)cc2I)o1. The molecule has 0 spiro atoms. The maximum atomic E-state index is 5.84. The molecule has 2 rings (SSSR count). The van der Waals surface area contributed by atoms with Crippen molar-refractivity contribution in [1.82, 2.24) is 10.2 Å². The van der Waals surface area contributed by atoms with Gasteiger partial charge in [-0.05, 0) is 40.8 Å². The van der Waals surface area contributed by atoms with Crippen LogP contribution in [0.4, 0.5) is 0 Å². The molecule has 0 fully saturated rings. The number of halogens is 2. The van der Waals surface area contributed by atoms with Crippen LogP contribution < -0.4 is 0 Å². The number of benzene rings is 1. The summed E-state index contributed by atoms with van der Waals surface area (Å²) in [7, 11) is 0. The quantitative estimate of drug-likeness (QED) is 0.757. The van der Waals surface area contributed by atoms with Crippen LogP contribution in [0, 0.1) is 10.5 Å². The standard InChI is InChI=1S/C9H6ClIN2O/c1-5-12-13-9(14-5)7-3-2-6(10)4-8(7)11/h2-4H,1H3. The van der Waals surface area contributed by atoms with E-state index in [1.54, 1.807) is 13.0 Å². The average molecular weight is 321 g/mol. The first-order valence-electron chi connectivity index (χ1n) is 3.92. The molecule has 0 saturated carbocycles. The second-order valence-electron chi connectivity index (χ2n) is 2.75. The van der Waals surface area contributed by atoms with E-state index in [-0.39, 0.29) is 0 Å². The zero-order valence-electron chi connectivity index (χ0n) is 7.29. The summed E-state index contributed by atoms with van der Waals surface area (Å²) < 4.78 is 6.32. The van der Waals surface area contributed by atoms with Gasteiger partial charge in [0.05, 0.1) is 5.56 Å². The molecule has 0 unspecified atom stereocenters. The molecule has 0 saturated heterocycles. The predicted octanol–water partition coefficient (Wildman–Crippen LogP) is 3.30. The minimum Gasteiger partial charge on any atom is -0.421 e. The monoisotopic (exact) mass is 320 g/mol. The van der Waals surface area contributed by atoms with Crippen LogP contribution in [0.25, 0.3) is 11.5 Å². The van der Waals surface area contributed by atoms with Crippen LogP contribution in [-0.4, -0.2) is 10.2 Å². The molecule has 0 N–H and O–H groups in total. The fourth-order valence-corrected chi connectivity index (χ4v) is 2.17. The van der Waals surface area contributed by atoms with Crippen molar-refractivity contribution in [2.75, 3.05) is 0 Å². The van der Waals surface area contributed by atoms with E-state index in [1.165, 1.54) is 0 Å². The molecular weight excluding hydrogens is 314 g/mol. The molecule has 0 aliphatic heterocycles. The van der Waals surface area contributed by atoms with E-state index in [4.69, 9.17) is 16.0 Å². The molecule has 2 aromatic rings. The second-order valence-corrected chi connectivity index (χ2v) is 4.35. The van der Waals surface area contributed by atoms with Crippen molar-refractivity contribution in [2.45, 2.75) is 6.92 Å². The van der Waals surface area contributed by atoms with Gasteiger partial charge in [0.2, 0.25) is 11.8 Å². The third kappa shape index (κ3) is 1.90. The normalized spacial score (nSPS) is 10.5. The van der Waals surface area contributed by atoms with Crippen LogP contribution in [-0.2, 0) is 0 Å². The Morgan fingerprint density at radius 1 is 1.36 bits per heavy atom. The Balaban J connectivity index is 2.52. The van der Waals surface area contributed by atoms with Gasteiger partial charge in [-0.3, -0.25) is 0 Å². The lowest BCUT2D eigenvalue weighted by molar-refractivity contribution is 0.532. The molecule has 0 bridgehead atoms. The highest BCUT2D eigenvalue weighted by Gasteiger charge is 2.09. The van der Waals surface area contributed by atoms with Crippen LogP contribution >= 0.6 is 34.2 Å². The van der Waals surface area contributed by atoms with Gasteiger partial charge >= 0.3 is 0 Å². The number of aryl methyl sites for hydroxylation is 1. The molecule has 0 amide bonds. The summed E-state index contributed by atoms with van der Waals surface area (Å²) in [6.45, 7) is 1.76.